The molecule has 13 heavy (non-hydrogen) atoms. The molecule has 0 atom stereocenters. The highest BCUT2D eigenvalue weighted by molar-refractivity contribution is 7.78. The number of hydrogen-bond donors (Lipinski definition) is 3. The Kier molecular flexibility index (Phi) is 3.63. The Hall–Kier alpha value is -0.670. The van der Waals surface area contributed by atoms with Crippen LogP contribution in [0.25, 0.3) is 0 Å². The zero-order valence-corrected chi connectivity index (χ0v) is 8.86. The summed E-state index contributed by atoms with van der Waals surface area (Å²) in [5.74, 6) is 0.375. The second kappa shape index (κ2) is 4.53. The molecular formula is C10H15NOS. The molecule has 1 rings (SSSR count). The van der Waals surface area contributed by atoms with Crippen LogP contribution >= 0.6 is 12.8 Å². The number of nitrogens with one attached hydrogen (secondary N) is 1. The highest BCUT2D eigenvalue weighted by atomic mass is 32.1. The summed E-state index contributed by atoms with van der Waals surface area (Å²) in [6.45, 7) is 4.80. The molecule has 0 radical (unpaired) electrons. The smallest absolute Gasteiger partial charge is 0.118 e. The minimum Gasteiger partial charge on any atom is -0.508 e. The first-order valence-electron chi connectivity index (χ1n) is 4.32. The molecule has 0 fully saturated rings. The molecule has 2 nitrogen and oxygen atoms in total. The molecule has 3 heteroatoms. The van der Waals surface area contributed by atoms with Crippen LogP contribution in [0.5, 0.6) is 5.75 Å². The van der Waals surface area contributed by atoms with Gasteiger partial charge in [-0.2, -0.15) is 0 Å². The van der Waals surface area contributed by atoms with Crippen LogP contribution in [-0.4, -0.2) is 11.7 Å². The molecule has 0 heterocycles. The average Bonchev–Trinajstić information content (AvgIpc) is 2.13. The second-order valence-corrected chi connectivity index (χ2v) is 3.47. The van der Waals surface area contributed by atoms with Crippen molar-refractivity contribution >= 4 is 12.8 Å². The predicted molar refractivity (Wildman–Crippen MR) is 58.3 cm³/mol. The molecule has 0 amide bonds. The van der Waals surface area contributed by atoms with E-state index in [-0.39, 0.29) is 0 Å². The molecule has 0 spiro atoms. The molecule has 1 aromatic carbocycles. The van der Waals surface area contributed by atoms with E-state index < -0.39 is 0 Å². The van der Waals surface area contributed by atoms with Crippen molar-refractivity contribution < 1.29 is 5.11 Å². The number of thiol groups is 1. The summed E-state index contributed by atoms with van der Waals surface area (Å²) in [5, 5.41) is 9.42. The SMILES string of the molecule is Cc1c(O)ccc(CCNS)c1C. The van der Waals surface area contributed by atoms with Crippen LogP contribution in [0.2, 0.25) is 0 Å². The average molecular weight is 197 g/mol. The lowest BCUT2D eigenvalue weighted by molar-refractivity contribution is 0.470. The molecule has 0 saturated carbocycles. The van der Waals surface area contributed by atoms with E-state index in [9.17, 15) is 5.11 Å². The van der Waals surface area contributed by atoms with E-state index in [0.717, 1.165) is 18.5 Å². The van der Waals surface area contributed by atoms with Crippen LogP contribution in [0.4, 0.5) is 0 Å². The van der Waals surface area contributed by atoms with Gasteiger partial charge in [-0.1, -0.05) is 18.9 Å². The van der Waals surface area contributed by atoms with Crippen molar-refractivity contribution in [3.8, 4) is 5.75 Å². The Labute approximate surface area is 84.5 Å². The van der Waals surface area contributed by atoms with Gasteiger partial charge in [-0.05, 0) is 43.0 Å². The number of hydrogen-bond acceptors (Lipinski definition) is 3. The summed E-state index contributed by atoms with van der Waals surface area (Å²) in [7, 11) is 0. The fourth-order valence-electron chi connectivity index (χ4n) is 1.32. The summed E-state index contributed by atoms with van der Waals surface area (Å²) < 4.78 is 2.81. The largest absolute Gasteiger partial charge is 0.508 e. The number of benzene rings is 1. The Morgan fingerprint density at radius 2 is 2.00 bits per heavy atom. The molecule has 0 aliphatic heterocycles. The number of rotatable bonds is 3. The molecule has 0 bridgehead atoms. The summed E-state index contributed by atoms with van der Waals surface area (Å²) in [6, 6.07) is 3.71. The van der Waals surface area contributed by atoms with Crippen LogP contribution in [-0.2, 0) is 6.42 Å². The monoisotopic (exact) mass is 197 g/mol. The summed E-state index contributed by atoms with van der Waals surface area (Å²) in [6.07, 6.45) is 0.941. The van der Waals surface area contributed by atoms with Gasteiger partial charge in [-0.3, -0.25) is 4.72 Å². The van der Waals surface area contributed by atoms with Gasteiger partial charge in [0.05, 0.1) is 0 Å². The number of phenolic OH excluding ortho intramolecular Hbond substituents is 1. The van der Waals surface area contributed by atoms with E-state index >= 15 is 0 Å². The molecule has 0 unspecified atom stereocenters. The van der Waals surface area contributed by atoms with Crippen LogP contribution in [0.1, 0.15) is 16.7 Å². The van der Waals surface area contributed by atoms with E-state index in [0.29, 0.717) is 5.75 Å². The topological polar surface area (TPSA) is 32.3 Å². The lowest BCUT2D eigenvalue weighted by Gasteiger charge is -2.09. The van der Waals surface area contributed by atoms with Crippen molar-refractivity contribution in [1.82, 2.24) is 4.72 Å². The van der Waals surface area contributed by atoms with Crippen LogP contribution < -0.4 is 4.72 Å². The Balaban J connectivity index is 2.90. The first-order chi connectivity index (χ1) is 6.16. The van der Waals surface area contributed by atoms with Gasteiger partial charge in [-0.25, -0.2) is 0 Å². The van der Waals surface area contributed by atoms with Gasteiger partial charge in [0.1, 0.15) is 5.75 Å². The van der Waals surface area contributed by atoms with Gasteiger partial charge in [0.25, 0.3) is 0 Å². The number of phenols is 1. The maximum Gasteiger partial charge on any atom is 0.118 e. The second-order valence-electron chi connectivity index (χ2n) is 3.15. The van der Waals surface area contributed by atoms with E-state index in [1.165, 1.54) is 11.1 Å². The van der Waals surface area contributed by atoms with Gasteiger partial charge >= 0.3 is 0 Å². The van der Waals surface area contributed by atoms with Crippen LogP contribution in [0.15, 0.2) is 12.1 Å². The van der Waals surface area contributed by atoms with Crippen LogP contribution in [0, 0.1) is 13.8 Å². The molecule has 0 aliphatic rings. The van der Waals surface area contributed by atoms with Crippen molar-refractivity contribution in [2.24, 2.45) is 0 Å². The van der Waals surface area contributed by atoms with Gasteiger partial charge in [-0.15, -0.1) is 0 Å². The third-order valence-electron chi connectivity index (χ3n) is 2.38. The summed E-state index contributed by atoms with van der Waals surface area (Å²) >= 11 is 3.93. The molecule has 0 saturated heterocycles. The zero-order valence-electron chi connectivity index (χ0n) is 7.96. The van der Waals surface area contributed by atoms with Gasteiger partial charge in [0.2, 0.25) is 0 Å². The van der Waals surface area contributed by atoms with E-state index in [1.54, 1.807) is 6.07 Å². The van der Waals surface area contributed by atoms with Gasteiger partial charge in [0.15, 0.2) is 0 Å². The fourth-order valence-corrected chi connectivity index (χ4v) is 1.44. The van der Waals surface area contributed by atoms with E-state index in [4.69, 9.17) is 0 Å². The molecule has 72 valence electrons. The third-order valence-corrected chi connectivity index (χ3v) is 2.60. The van der Waals surface area contributed by atoms with Gasteiger partial charge in [0, 0.05) is 6.54 Å². The van der Waals surface area contributed by atoms with Crippen molar-refractivity contribution in [2.45, 2.75) is 20.3 Å². The summed E-state index contributed by atoms with van der Waals surface area (Å²) in [5.41, 5.74) is 3.40. The molecule has 0 aliphatic carbocycles. The Morgan fingerprint density at radius 3 is 2.62 bits per heavy atom. The normalized spacial score (nSPS) is 10.4. The standard InChI is InChI=1S/C10H15NOS/c1-7-8(2)10(12)4-3-9(7)5-6-11-13/h3-4,11-13H,5-6H2,1-2H3. The summed E-state index contributed by atoms with van der Waals surface area (Å²) in [4.78, 5) is 0. The Morgan fingerprint density at radius 1 is 1.31 bits per heavy atom. The molecular weight excluding hydrogens is 182 g/mol. The lowest BCUT2D eigenvalue weighted by atomic mass is 10.0. The highest BCUT2D eigenvalue weighted by Gasteiger charge is 2.04. The third kappa shape index (κ3) is 2.39. The van der Waals surface area contributed by atoms with E-state index in [2.05, 4.69) is 17.5 Å². The quantitative estimate of drug-likeness (QED) is 0.647. The van der Waals surface area contributed by atoms with Crippen molar-refractivity contribution in [1.29, 1.82) is 0 Å². The predicted octanol–water partition coefficient (Wildman–Crippen LogP) is 1.99. The first-order valence-corrected chi connectivity index (χ1v) is 4.76. The maximum atomic E-state index is 9.42. The lowest BCUT2D eigenvalue weighted by Crippen LogP contribution is -2.06. The van der Waals surface area contributed by atoms with Crippen LogP contribution in [0.3, 0.4) is 0 Å². The van der Waals surface area contributed by atoms with E-state index in [1.807, 2.05) is 19.9 Å². The molecule has 1 aromatic rings. The fraction of sp³-hybridized carbons (Fsp3) is 0.400. The van der Waals surface area contributed by atoms with Crippen molar-refractivity contribution in [3.63, 3.8) is 0 Å². The minimum absolute atomic E-state index is 0.375. The van der Waals surface area contributed by atoms with Crippen molar-refractivity contribution in [3.05, 3.63) is 28.8 Å². The Bertz CT molecular complexity index is 299. The first kappa shape index (κ1) is 10.4. The maximum absolute atomic E-state index is 9.42. The number of aromatic hydroxyl groups is 1. The highest BCUT2D eigenvalue weighted by Crippen LogP contribution is 2.22. The van der Waals surface area contributed by atoms with Gasteiger partial charge < -0.3 is 5.11 Å². The minimum atomic E-state index is 0.375. The molecule has 0 aromatic heterocycles. The zero-order chi connectivity index (χ0) is 9.84. The molecule has 2 N–H and O–H groups in total. The van der Waals surface area contributed by atoms with Crippen molar-refractivity contribution in [2.75, 3.05) is 6.54 Å².